The molecule has 6 heteroatoms. The molecule has 18 heavy (non-hydrogen) atoms. The number of aromatic amines is 1. The van der Waals surface area contributed by atoms with Crippen molar-refractivity contribution in [2.24, 2.45) is 0 Å². The van der Waals surface area contributed by atoms with E-state index < -0.39 is 0 Å². The molecule has 0 saturated carbocycles. The van der Waals surface area contributed by atoms with E-state index in [2.05, 4.69) is 36.4 Å². The van der Waals surface area contributed by atoms with Gasteiger partial charge >= 0.3 is 0 Å². The Morgan fingerprint density at radius 3 is 3.06 bits per heavy atom. The van der Waals surface area contributed by atoms with Crippen molar-refractivity contribution >= 4 is 15.9 Å². The van der Waals surface area contributed by atoms with Crippen LogP contribution in [0.4, 0.5) is 0 Å². The highest BCUT2D eigenvalue weighted by Crippen LogP contribution is 2.22. The zero-order valence-corrected chi connectivity index (χ0v) is 11.7. The van der Waals surface area contributed by atoms with Gasteiger partial charge in [-0.3, -0.25) is 5.10 Å². The van der Waals surface area contributed by atoms with Crippen LogP contribution >= 0.6 is 15.9 Å². The van der Waals surface area contributed by atoms with Gasteiger partial charge in [-0.2, -0.15) is 5.10 Å². The number of aromatic nitrogens is 3. The molecule has 2 N–H and O–H groups in total. The van der Waals surface area contributed by atoms with E-state index in [9.17, 15) is 0 Å². The van der Waals surface area contributed by atoms with Gasteiger partial charge in [0.25, 0.3) is 0 Å². The summed E-state index contributed by atoms with van der Waals surface area (Å²) in [6, 6.07) is 5.94. The van der Waals surface area contributed by atoms with Gasteiger partial charge in [-0.1, -0.05) is 15.9 Å². The minimum Gasteiger partial charge on any atom is -0.497 e. The first-order valence-electron chi connectivity index (χ1n) is 5.67. The van der Waals surface area contributed by atoms with Gasteiger partial charge in [0, 0.05) is 24.0 Å². The average Bonchev–Trinajstić information content (AvgIpc) is 2.89. The van der Waals surface area contributed by atoms with Crippen LogP contribution in [-0.2, 0) is 13.0 Å². The number of H-pyrrole nitrogens is 1. The van der Waals surface area contributed by atoms with Crippen LogP contribution in [0.25, 0.3) is 0 Å². The molecule has 0 bridgehead atoms. The monoisotopic (exact) mass is 310 g/mol. The Bertz CT molecular complexity index is 487. The summed E-state index contributed by atoms with van der Waals surface area (Å²) in [6.07, 6.45) is 2.36. The largest absolute Gasteiger partial charge is 0.497 e. The quantitative estimate of drug-likeness (QED) is 0.800. The summed E-state index contributed by atoms with van der Waals surface area (Å²) in [5, 5.41) is 10.0. The number of benzene rings is 1. The summed E-state index contributed by atoms with van der Waals surface area (Å²) in [6.45, 7) is 1.63. The molecule has 5 nitrogen and oxygen atoms in total. The molecule has 0 atom stereocenters. The van der Waals surface area contributed by atoms with Crippen LogP contribution in [0.3, 0.4) is 0 Å². The van der Waals surface area contributed by atoms with Gasteiger partial charge in [-0.25, -0.2) is 4.98 Å². The van der Waals surface area contributed by atoms with Crippen LogP contribution in [0.1, 0.15) is 11.4 Å². The van der Waals surface area contributed by atoms with Crippen molar-refractivity contribution < 1.29 is 4.74 Å². The molecular weight excluding hydrogens is 296 g/mol. The van der Waals surface area contributed by atoms with Crippen LogP contribution in [0.2, 0.25) is 0 Å². The number of rotatable bonds is 6. The van der Waals surface area contributed by atoms with E-state index in [1.54, 1.807) is 7.11 Å². The number of hydrogen-bond acceptors (Lipinski definition) is 4. The molecule has 0 amide bonds. The fourth-order valence-corrected chi connectivity index (χ4v) is 1.98. The molecule has 0 fully saturated rings. The van der Waals surface area contributed by atoms with E-state index in [0.717, 1.165) is 35.6 Å². The van der Waals surface area contributed by atoms with E-state index in [1.165, 1.54) is 11.9 Å². The minimum absolute atomic E-state index is 0.784. The SMILES string of the molecule is COc1ccc(Br)c(CNCCc2ncn[nH]2)c1. The summed E-state index contributed by atoms with van der Waals surface area (Å²) in [4.78, 5) is 4.07. The van der Waals surface area contributed by atoms with E-state index in [-0.39, 0.29) is 0 Å². The second-order valence-corrected chi connectivity index (χ2v) is 4.67. The Morgan fingerprint density at radius 1 is 1.44 bits per heavy atom. The molecule has 0 aliphatic heterocycles. The Labute approximate surface area is 114 Å². The molecular formula is C12H15BrN4O. The average molecular weight is 311 g/mol. The highest BCUT2D eigenvalue weighted by atomic mass is 79.9. The number of methoxy groups -OCH3 is 1. The number of nitrogens with one attached hydrogen (secondary N) is 2. The maximum Gasteiger partial charge on any atom is 0.137 e. The molecule has 0 saturated heterocycles. The molecule has 1 heterocycles. The Kier molecular flexibility index (Phi) is 4.72. The van der Waals surface area contributed by atoms with E-state index in [4.69, 9.17) is 4.74 Å². The smallest absolute Gasteiger partial charge is 0.137 e. The summed E-state index contributed by atoms with van der Waals surface area (Å²) >= 11 is 3.53. The van der Waals surface area contributed by atoms with Gasteiger partial charge in [-0.05, 0) is 23.8 Å². The van der Waals surface area contributed by atoms with Crippen molar-refractivity contribution in [2.75, 3.05) is 13.7 Å². The van der Waals surface area contributed by atoms with Crippen molar-refractivity contribution in [1.29, 1.82) is 0 Å². The predicted octanol–water partition coefficient (Wildman–Crippen LogP) is 1.91. The molecule has 0 spiro atoms. The molecule has 96 valence electrons. The lowest BCUT2D eigenvalue weighted by molar-refractivity contribution is 0.414. The fourth-order valence-electron chi connectivity index (χ4n) is 1.59. The normalized spacial score (nSPS) is 10.6. The number of hydrogen-bond donors (Lipinski definition) is 2. The highest BCUT2D eigenvalue weighted by Gasteiger charge is 2.02. The van der Waals surface area contributed by atoms with Crippen molar-refractivity contribution in [2.45, 2.75) is 13.0 Å². The third-order valence-electron chi connectivity index (χ3n) is 2.57. The van der Waals surface area contributed by atoms with E-state index >= 15 is 0 Å². The Balaban J connectivity index is 1.82. The maximum atomic E-state index is 5.20. The van der Waals surface area contributed by atoms with E-state index in [1.807, 2.05) is 18.2 Å². The number of nitrogens with zero attached hydrogens (tertiary/aromatic N) is 2. The van der Waals surface area contributed by atoms with Crippen LogP contribution < -0.4 is 10.1 Å². The predicted molar refractivity (Wildman–Crippen MR) is 72.5 cm³/mol. The summed E-state index contributed by atoms with van der Waals surface area (Å²) in [7, 11) is 1.67. The standard InChI is InChI=1S/C12H15BrN4O/c1-18-10-2-3-11(13)9(6-10)7-14-5-4-12-15-8-16-17-12/h2-3,6,8,14H,4-5,7H2,1H3,(H,15,16,17). The van der Waals surface area contributed by atoms with E-state index in [0.29, 0.717) is 0 Å². The second-order valence-electron chi connectivity index (χ2n) is 3.82. The molecule has 2 aromatic rings. The fraction of sp³-hybridized carbons (Fsp3) is 0.333. The Hall–Kier alpha value is -1.40. The topological polar surface area (TPSA) is 62.8 Å². The first kappa shape index (κ1) is 13.0. The van der Waals surface area contributed by atoms with Crippen molar-refractivity contribution in [3.8, 4) is 5.75 Å². The molecule has 1 aromatic carbocycles. The molecule has 0 aliphatic carbocycles. The van der Waals surface area contributed by atoms with Gasteiger partial charge in [0.1, 0.15) is 17.9 Å². The van der Waals surface area contributed by atoms with Crippen molar-refractivity contribution in [3.05, 3.63) is 40.4 Å². The first-order chi connectivity index (χ1) is 8.79. The highest BCUT2D eigenvalue weighted by molar-refractivity contribution is 9.10. The van der Waals surface area contributed by atoms with Crippen molar-refractivity contribution in [3.63, 3.8) is 0 Å². The van der Waals surface area contributed by atoms with Crippen LogP contribution in [0.5, 0.6) is 5.75 Å². The lowest BCUT2D eigenvalue weighted by Gasteiger charge is -2.08. The van der Waals surface area contributed by atoms with Gasteiger partial charge in [0.2, 0.25) is 0 Å². The number of halogens is 1. The zero-order valence-electron chi connectivity index (χ0n) is 10.1. The molecule has 2 rings (SSSR count). The van der Waals surface area contributed by atoms with Gasteiger partial charge < -0.3 is 10.1 Å². The first-order valence-corrected chi connectivity index (χ1v) is 6.46. The van der Waals surface area contributed by atoms with Gasteiger partial charge in [0.05, 0.1) is 7.11 Å². The van der Waals surface area contributed by atoms with Gasteiger partial charge in [-0.15, -0.1) is 0 Å². The van der Waals surface area contributed by atoms with Gasteiger partial charge in [0.15, 0.2) is 0 Å². The van der Waals surface area contributed by atoms with Crippen LogP contribution in [0.15, 0.2) is 29.0 Å². The molecule has 0 unspecified atom stereocenters. The Morgan fingerprint density at radius 2 is 2.33 bits per heavy atom. The lowest BCUT2D eigenvalue weighted by atomic mass is 10.2. The number of ether oxygens (including phenoxy) is 1. The summed E-state index contributed by atoms with van der Waals surface area (Å²) in [5.41, 5.74) is 1.17. The maximum absolute atomic E-state index is 5.20. The molecule has 0 radical (unpaired) electrons. The third-order valence-corrected chi connectivity index (χ3v) is 3.35. The van der Waals surface area contributed by atoms with Crippen molar-refractivity contribution in [1.82, 2.24) is 20.5 Å². The van der Waals surface area contributed by atoms with Crippen LogP contribution in [-0.4, -0.2) is 28.8 Å². The third kappa shape index (κ3) is 3.54. The zero-order chi connectivity index (χ0) is 12.8. The second kappa shape index (κ2) is 6.51. The summed E-state index contributed by atoms with van der Waals surface area (Å²) < 4.78 is 6.28. The summed E-state index contributed by atoms with van der Waals surface area (Å²) in [5.74, 6) is 1.76. The minimum atomic E-state index is 0.784. The lowest BCUT2D eigenvalue weighted by Crippen LogP contribution is -2.17. The molecule has 1 aromatic heterocycles. The van der Waals surface area contributed by atoms with Crippen LogP contribution in [0, 0.1) is 0 Å². The molecule has 0 aliphatic rings.